The van der Waals surface area contributed by atoms with Crippen LogP contribution < -0.4 is 16.0 Å². The minimum absolute atomic E-state index is 0.134. The molecule has 2 atom stereocenters. The summed E-state index contributed by atoms with van der Waals surface area (Å²) in [5, 5.41) is 9.97. The molecular weight excluding hydrogens is 487 g/mol. The van der Waals surface area contributed by atoms with E-state index in [0.29, 0.717) is 28.7 Å². The number of amides is 2. The van der Waals surface area contributed by atoms with Crippen LogP contribution in [0.4, 0.5) is 4.39 Å². The number of rotatable bonds is 5. The molecule has 6 rings (SSSR count). The fourth-order valence-corrected chi connectivity index (χ4v) is 5.54. The van der Waals surface area contributed by atoms with Crippen LogP contribution in [0.3, 0.4) is 0 Å². The summed E-state index contributed by atoms with van der Waals surface area (Å²) in [7, 11) is 1.53. The maximum absolute atomic E-state index is 14.7. The van der Waals surface area contributed by atoms with Crippen molar-refractivity contribution in [1.29, 1.82) is 0 Å². The van der Waals surface area contributed by atoms with Crippen LogP contribution in [0, 0.1) is 5.82 Å². The number of hydrogen-bond acceptors (Lipinski definition) is 6. The minimum Gasteiger partial charge on any atom is -0.459 e. The summed E-state index contributed by atoms with van der Waals surface area (Å²) in [6.45, 7) is 3.37. The summed E-state index contributed by atoms with van der Waals surface area (Å²) in [6, 6.07) is 5.78. The molecule has 3 aromatic rings. The highest BCUT2D eigenvalue weighted by molar-refractivity contribution is 5.98. The lowest BCUT2D eigenvalue weighted by Gasteiger charge is -2.35. The van der Waals surface area contributed by atoms with Crippen molar-refractivity contribution in [1.82, 2.24) is 25.8 Å². The third kappa shape index (κ3) is 4.01. The maximum Gasteiger partial charge on any atom is 0.290 e. The van der Waals surface area contributed by atoms with Gasteiger partial charge in [0.25, 0.3) is 5.91 Å². The first-order valence-electron chi connectivity index (χ1n) is 12.7. The normalized spacial score (nSPS) is 22.4. The Labute approximate surface area is 218 Å². The van der Waals surface area contributed by atoms with Crippen molar-refractivity contribution in [3.8, 4) is 0 Å². The second-order valence-corrected chi connectivity index (χ2v) is 10.1. The molecule has 4 heterocycles. The standard InChI is InChI=1S/C28H29FN6O3/c1-28-8-6-17(12-23(28)31-9-10-33-28)32-14-16-7-11-38-25(16)27(37)35-15-21-18(13-22(35)26(36)30-2)24-19(29)4-3-5-20(24)34-21/h3-7,9,11-12,22,32-34H,8,10,13-15H2,1-2H3,(H,30,36)/t22-,28?/m1/s1. The number of furan rings is 1. The van der Waals surface area contributed by atoms with Crippen molar-refractivity contribution in [3.05, 3.63) is 82.5 Å². The Kier molecular flexibility index (Phi) is 5.91. The number of aromatic amines is 1. The quantitative estimate of drug-likeness (QED) is 0.416. The number of aliphatic imine (C=N–C) groups is 1. The molecular formula is C28H29FN6O3. The molecule has 0 saturated carbocycles. The van der Waals surface area contributed by atoms with Crippen molar-refractivity contribution in [2.45, 2.75) is 44.4 Å². The third-order valence-electron chi connectivity index (χ3n) is 7.70. The van der Waals surface area contributed by atoms with Crippen LogP contribution >= 0.6 is 0 Å². The lowest BCUT2D eigenvalue weighted by atomic mass is 9.87. The minimum atomic E-state index is -0.801. The second-order valence-electron chi connectivity index (χ2n) is 10.1. The van der Waals surface area contributed by atoms with Gasteiger partial charge in [0.2, 0.25) is 5.91 Å². The first-order valence-corrected chi connectivity index (χ1v) is 12.7. The lowest BCUT2D eigenvalue weighted by molar-refractivity contribution is -0.125. The smallest absolute Gasteiger partial charge is 0.290 e. The van der Waals surface area contributed by atoms with Gasteiger partial charge in [-0.2, -0.15) is 0 Å². The Morgan fingerprint density at radius 2 is 2.18 bits per heavy atom. The van der Waals surface area contributed by atoms with Gasteiger partial charge in [0.15, 0.2) is 5.76 Å². The first-order chi connectivity index (χ1) is 18.4. The summed E-state index contributed by atoms with van der Waals surface area (Å²) in [4.78, 5) is 35.9. The van der Waals surface area contributed by atoms with E-state index >= 15 is 0 Å². The number of fused-ring (bicyclic) bond motifs is 4. The average Bonchev–Trinajstić information content (AvgIpc) is 3.55. The van der Waals surface area contributed by atoms with Crippen molar-refractivity contribution in [3.63, 3.8) is 0 Å². The van der Waals surface area contributed by atoms with Crippen molar-refractivity contribution < 1.29 is 18.4 Å². The number of aromatic nitrogens is 1. The van der Waals surface area contributed by atoms with E-state index in [1.807, 2.05) is 12.3 Å². The van der Waals surface area contributed by atoms with E-state index in [2.05, 4.69) is 38.9 Å². The SMILES string of the molecule is CNC(=O)[C@H]1Cc2c([nH]c3cccc(F)c23)CN1C(=O)c1occc1CNC1=CCC2(C)NCC=NC2=C1. The number of carbonyl (C=O) groups excluding carboxylic acids is 2. The number of nitrogens with one attached hydrogen (secondary N) is 4. The molecule has 0 fully saturated rings. The molecule has 0 bridgehead atoms. The third-order valence-corrected chi connectivity index (χ3v) is 7.70. The second kappa shape index (κ2) is 9.29. The Bertz CT molecular complexity index is 1530. The predicted molar refractivity (Wildman–Crippen MR) is 141 cm³/mol. The molecule has 2 aliphatic heterocycles. The Morgan fingerprint density at radius 3 is 3.03 bits per heavy atom. The van der Waals surface area contributed by atoms with Gasteiger partial charge in [0, 0.05) is 60.6 Å². The lowest BCUT2D eigenvalue weighted by Crippen LogP contribution is -2.52. The number of hydrogen-bond donors (Lipinski definition) is 4. The summed E-state index contributed by atoms with van der Waals surface area (Å²) in [5.74, 6) is -0.889. The van der Waals surface area contributed by atoms with Crippen LogP contribution in [0.5, 0.6) is 0 Å². The van der Waals surface area contributed by atoms with Crippen molar-refractivity contribution in [2.75, 3.05) is 13.6 Å². The molecule has 1 unspecified atom stereocenters. The summed E-state index contributed by atoms with van der Waals surface area (Å²) < 4.78 is 20.3. The zero-order chi connectivity index (χ0) is 26.4. The van der Waals surface area contributed by atoms with Gasteiger partial charge >= 0.3 is 0 Å². The fraction of sp³-hybridized carbons (Fsp3) is 0.321. The number of likely N-dealkylation sites (N-methyl/N-ethyl adjacent to an activating group) is 1. The highest BCUT2D eigenvalue weighted by Gasteiger charge is 2.38. The van der Waals surface area contributed by atoms with E-state index in [1.54, 1.807) is 18.2 Å². The number of benzene rings is 1. The molecule has 0 spiro atoms. The molecule has 196 valence electrons. The van der Waals surface area contributed by atoms with Gasteiger partial charge in [-0.3, -0.25) is 14.6 Å². The molecule has 3 aliphatic rings. The van der Waals surface area contributed by atoms with Gasteiger partial charge < -0.3 is 30.3 Å². The summed E-state index contributed by atoms with van der Waals surface area (Å²) in [6.07, 6.45) is 8.46. The van der Waals surface area contributed by atoms with Crippen LogP contribution in [0.25, 0.3) is 10.9 Å². The van der Waals surface area contributed by atoms with Gasteiger partial charge in [-0.05, 0) is 43.2 Å². The Hall–Kier alpha value is -4.18. The highest BCUT2D eigenvalue weighted by atomic mass is 19.1. The van der Waals surface area contributed by atoms with Crippen molar-refractivity contribution in [2.24, 2.45) is 4.99 Å². The largest absolute Gasteiger partial charge is 0.459 e. The van der Waals surface area contributed by atoms with E-state index in [9.17, 15) is 14.0 Å². The van der Waals surface area contributed by atoms with Crippen LogP contribution in [-0.2, 0) is 24.3 Å². The zero-order valence-electron chi connectivity index (χ0n) is 21.2. The monoisotopic (exact) mass is 516 g/mol. The van der Waals surface area contributed by atoms with Gasteiger partial charge in [-0.25, -0.2) is 4.39 Å². The Morgan fingerprint density at radius 1 is 1.32 bits per heavy atom. The predicted octanol–water partition coefficient (Wildman–Crippen LogP) is 2.91. The van der Waals surface area contributed by atoms with E-state index in [0.717, 1.165) is 29.9 Å². The molecule has 2 aromatic heterocycles. The molecule has 2 amide bonds. The number of nitrogens with zero attached hydrogens (tertiary/aromatic N) is 2. The van der Waals surface area contributed by atoms with Gasteiger partial charge in [0.1, 0.15) is 11.9 Å². The molecule has 4 N–H and O–H groups in total. The topological polar surface area (TPSA) is 115 Å². The number of H-pyrrole nitrogens is 1. The van der Waals surface area contributed by atoms with Crippen LogP contribution in [0.1, 0.15) is 40.7 Å². The molecule has 1 aliphatic carbocycles. The average molecular weight is 517 g/mol. The molecule has 9 nitrogen and oxygen atoms in total. The van der Waals surface area contributed by atoms with Crippen molar-refractivity contribution >= 4 is 28.9 Å². The first kappa shape index (κ1) is 24.2. The molecule has 38 heavy (non-hydrogen) atoms. The number of carbonyl (C=O) groups is 2. The molecule has 1 aromatic carbocycles. The molecule has 10 heteroatoms. The van der Waals surface area contributed by atoms with E-state index in [4.69, 9.17) is 4.42 Å². The summed E-state index contributed by atoms with van der Waals surface area (Å²) >= 11 is 0. The number of allylic oxidation sites excluding steroid dienone is 1. The maximum atomic E-state index is 14.7. The van der Waals surface area contributed by atoms with Crippen LogP contribution in [0.15, 0.2) is 63.5 Å². The van der Waals surface area contributed by atoms with E-state index in [1.165, 1.54) is 24.3 Å². The van der Waals surface area contributed by atoms with E-state index in [-0.39, 0.29) is 36.0 Å². The fourth-order valence-electron chi connectivity index (χ4n) is 5.54. The number of halogens is 1. The van der Waals surface area contributed by atoms with Gasteiger partial charge in [-0.1, -0.05) is 12.1 Å². The zero-order valence-corrected chi connectivity index (χ0v) is 21.2. The van der Waals surface area contributed by atoms with Crippen LogP contribution in [-0.4, -0.2) is 53.1 Å². The molecule has 0 saturated heterocycles. The van der Waals surface area contributed by atoms with Crippen LogP contribution in [0.2, 0.25) is 0 Å². The van der Waals surface area contributed by atoms with Gasteiger partial charge in [-0.15, -0.1) is 0 Å². The summed E-state index contributed by atoms with van der Waals surface area (Å²) in [5.41, 5.74) is 4.47. The Balaban J connectivity index is 1.25. The highest BCUT2D eigenvalue weighted by Crippen LogP contribution is 2.33. The van der Waals surface area contributed by atoms with Gasteiger partial charge in [0.05, 0.1) is 24.0 Å². The van der Waals surface area contributed by atoms with E-state index < -0.39 is 11.9 Å². The molecule has 0 radical (unpaired) electrons.